The molecule has 5 nitrogen and oxygen atoms in total. The Morgan fingerprint density at radius 3 is 2.81 bits per heavy atom. The van der Waals surface area contributed by atoms with Gasteiger partial charge in [0.25, 0.3) is 5.91 Å². The molecule has 2 N–H and O–H groups in total. The number of aryl methyl sites for hydroxylation is 1. The van der Waals surface area contributed by atoms with Gasteiger partial charge in [0.15, 0.2) is 0 Å². The molecule has 7 heteroatoms. The smallest absolute Gasteiger partial charge is 0.253 e. The van der Waals surface area contributed by atoms with Gasteiger partial charge in [-0.1, -0.05) is 18.5 Å². The Bertz CT molecular complexity index is 629. The molecule has 0 spiro atoms. The van der Waals surface area contributed by atoms with Crippen molar-refractivity contribution in [2.75, 3.05) is 11.9 Å². The first-order valence-corrected chi connectivity index (χ1v) is 7.88. The van der Waals surface area contributed by atoms with Crippen molar-refractivity contribution in [1.82, 2.24) is 15.3 Å². The van der Waals surface area contributed by atoms with Crippen LogP contribution in [0.5, 0.6) is 0 Å². The SMILES string of the molecule is CCCNc1ncc(C(=O)NCc2ncc(C)s2)cc1Cl. The number of hydrogen-bond donors (Lipinski definition) is 2. The first-order valence-electron chi connectivity index (χ1n) is 6.69. The van der Waals surface area contributed by atoms with Crippen molar-refractivity contribution in [3.05, 3.63) is 38.9 Å². The van der Waals surface area contributed by atoms with Crippen LogP contribution in [-0.2, 0) is 6.54 Å². The van der Waals surface area contributed by atoms with E-state index in [1.807, 2.05) is 6.92 Å². The molecule has 0 fully saturated rings. The molecule has 0 unspecified atom stereocenters. The van der Waals surface area contributed by atoms with Gasteiger partial charge in [-0.2, -0.15) is 0 Å². The lowest BCUT2D eigenvalue weighted by Crippen LogP contribution is -2.23. The zero-order valence-corrected chi connectivity index (χ0v) is 13.5. The van der Waals surface area contributed by atoms with E-state index in [2.05, 4.69) is 27.5 Å². The van der Waals surface area contributed by atoms with Crippen LogP contribution in [0.15, 0.2) is 18.5 Å². The van der Waals surface area contributed by atoms with Gasteiger partial charge >= 0.3 is 0 Å². The summed E-state index contributed by atoms with van der Waals surface area (Å²) in [5.74, 6) is 0.393. The number of aromatic nitrogens is 2. The van der Waals surface area contributed by atoms with Crippen molar-refractivity contribution in [2.45, 2.75) is 26.8 Å². The summed E-state index contributed by atoms with van der Waals surface area (Å²) in [6.45, 7) is 5.24. The van der Waals surface area contributed by atoms with Crippen LogP contribution in [0, 0.1) is 6.92 Å². The van der Waals surface area contributed by atoms with Gasteiger partial charge in [-0.3, -0.25) is 4.79 Å². The number of hydrogen-bond acceptors (Lipinski definition) is 5. The van der Waals surface area contributed by atoms with E-state index in [4.69, 9.17) is 11.6 Å². The fourth-order valence-electron chi connectivity index (χ4n) is 1.68. The maximum Gasteiger partial charge on any atom is 0.253 e. The Labute approximate surface area is 132 Å². The van der Waals surface area contributed by atoms with E-state index >= 15 is 0 Å². The molecular formula is C14H17ClN4OS. The summed E-state index contributed by atoms with van der Waals surface area (Å²) in [6, 6.07) is 1.62. The number of anilines is 1. The second-order valence-corrected chi connectivity index (χ2v) is 6.26. The molecule has 112 valence electrons. The van der Waals surface area contributed by atoms with Gasteiger partial charge in [0.1, 0.15) is 10.8 Å². The maximum absolute atomic E-state index is 12.0. The first-order chi connectivity index (χ1) is 10.1. The summed E-state index contributed by atoms with van der Waals surface area (Å²) in [4.78, 5) is 21.5. The monoisotopic (exact) mass is 324 g/mol. The normalized spacial score (nSPS) is 10.4. The lowest BCUT2D eigenvalue weighted by atomic mass is 10.2. The van der Waals surface area contributed by atoms with E-state index in [1.165, 1.54) is 6.20 Å². The Hall–Kier alpha value is -1.66. The van der Waals surface area contributed by atoms with Gasteiger partial charge in [0, 0.05) is 23.8 Å². The molecule has 21 heavy (non-hydrogen) atoms. The average Bonchev–Trinajstić information content (AvgIpc) is 2.89. The molecule has 2 aromatic heterocycles. The van der Waals surface area contributed by atoms with E-state index in [0.29, 0.717) is 22.9 Å². The number of rotatable bonds is 6. The van der Waals surface area contributed by atoms with E-state index in [-0.39, 0.29) is 5.91 Å². The Morgan fingerprint density at radius 1 is 1.38 bits per heavy atom. The van der Waals surface area contributed by atoms with Crippen molar-refractivity contribution in [3.63, 3.8) is 0 Å². The van der Waals surface area contributed by atoms with Gasteiger partial charge in [0.05, 0.1) is 17.1 Å². The van der Waals surface area contributed by atoms with Crippen molar-refractivity contribution >= 4 is 34.7 Å². The highest BCUT2D eigenvalue weighted by molar-refractivity contribution is 7.11. The molecule has 0 aliphatic heterocycles. The van der Waals surface area contributed by atoms with Gasteiger partial charge in [-0.25, -0.2) is 9.97 Å². The molecule has 0 aliphatic carbocycles. The third-order valence-corrected chi connectivity index (χ3v) is 3.92. The highest BCUT2D eigenvalue weighted by atomic mass is 35.5. The third kappa shape index (κ3) is 4.41. The molecule has 2 heterocycles. The van der Waals surface area contributed by atoms with E-state index in [9.17, 15) is 4.79 Å². The van der Waals surface area contributed by atoms with Gasteiger partial charge in [-0.15, -0.1) is 11.3 Å². The standard InChI is InChI=1S/C14H17ClN4OS/c1-3-4-16-13-11(15)5-10(7-18-13)14(20)19-8-12-17-6-9(2)21-12/h5-7H,3-4,8H2,1-2H3,(H,16,18)(H,19,20). The topological polar surface area (TPSA) is 66.9 Å². The maximum atomic E-state index is 12.0. The molecule has 0 radical (unpaired) electrons. The summed E-state index contributed by atoms with van der Waals surface area (Å²) in [6.07, 6.45) is 4.29. The molecule has 0 atom stereocenters. The molecular weight excluding hydrogens is 308 g/mol. The second-order valence-electron chi connectivity index (χ2n) is 4.53. The third-order valence-electron chi connectivity index (χ3n) is 2.72. The molecule has 0 saturated heterocycles. The number of carbonyl (C=O) groups excluding carboxylic acids is 1. The van der Waals surface area contributed by atoms with Crippen molar-refractivity contribution in [1.29, 1.82) is 0 Å². The summed E-state index contributed by atoms with van der Waals surface area (Å²) in [5, 5.41) is 7.24. The molecule has 2 aromatic rings. The largest absolute Gasteiger partial charge is 0.369 e. The van der Waals surface area contributed by atoms with Crippen LogP contribution in [0.2, 0.25) is 5.02 Å². The highest BCUT2D eigenvalue weighted by Gasteiger charge is 2.10. The predicted octanol–water partition coefficient (Wildman–Crippen LogP) is 3.25. The number of nitrogens with one attached hydrogen (secondary N) is 2. The van der Waals surface area contributed by atoms with Crippen LogP contribution >= 0.6 is 22.9 Å². The van der Waals surface area contributed by atoms with Gasteiger partial charge in [0.2, 0.25) is 0 Å². The van der Waals surface area contributed by atoms with E-state index in [0.717, 1.165) is 22.9 Å². The summed E-state index contributed by atoms with van der Waals surface area (Å²) in [7, 11) is 0. The van der Waals surface area contributed by atoms with Crippen LogP contribution in [0.4, 0.5) is 5.82 Å². The van der Waals surface area contributed by atoms with Crippen molar-refractivity contribution < 1.29 is 4.79 Å². The molecule has 0 bridgehead atoms. The Balaban J connectivity index is 1.97. The lowest BCUT2D eigenvalue weighted by Gasteiger charge is -2.08. The summed E-state index contributed by atoms with van der Waals surface area (Å²) < 4.78 is 0. The molecule has 0 aliphatic rings. The number of thiazole rings is 1. The van der Waals surface area contributed by atoms with Gasteiger partial charge in [-0.05, 0) is 19.4 Å². The zero-order chi connectivity index (χ0) is 15.2. The van der Waals surface area contributed by atoms with Crippen molar-refractivity contribution in [2.24, 2.45) is 0 Å². The predicted molar refractivity (Wildman–Crippen MR) is 86.0 cm³/mol. The molecule has 2 rings (SSSR count). The molecule has 1 amide bonds. The van der Waals surface area contributed by atoms with Crippen LogP contribution in [0.25, 0.3) is 0 Å². The van der Waals surface area contributed by atoms with Crippen LogP contribution in [-0.4, -0.2) is 22.4 Å². The fraction of sp³-hybridized carbons (Fsp3) is 0.357. The lowest BCUT2D eigenvalue weighted by molar-refractivity contribution is 0.0950. The number of nitrogens with zero attached hydrogens (tertiary/aromatic N) is 2. The summed E-state index contributed by atoms with van der Waals surface area (Å²) >= 11 is 7.68. The van der Waals surface area contributed by atoms with Crippen molar-refractivity contribution in [3.8, 4) is 0 Å². The minimum atomic E-state index is -0.209. The first kappa shape index (κ1) is 15.7. The number of halogens is 1. The second kappa shape index (κ2) is 7.38. The van der Waals surface area contributed by atoms with Gasteiger partial charge < -0.3 is 10.6 Å². The minimum Gasteiger partial charge on any atom is -0.369 e. The van der Waals surface area contributed by atoms with Crippen LogP contribution in [0.3, 0.4) is 0 Å². The fourth-order valence-corrected chi connectivity index (χ4v) is 2.64. The number of carbonyl (C=O) groups is 1. The highest BCUT2D eigenvalue weighted by Crippen LogP contribution is 2.20. The summed E-state index contributed by atoms with van der Waals surface area (Å²) in [5.41, 5.74) is 0.440. The molecule has 0 aromatic carbocycles. The molecule has 0 saturated carbocycles. The van der Waals surface area contributed by atoms with E-state index in [1.54, 1.807) is 23.6 Å². The minimum absolute atomic E-state index is 0.209. The average molecular weight is 325 g/mol. The number of pyridine rings is 1. The quantitative estimate of drug-likeness (QED) is 0.856. The number of amides is 1. The van der Waals surface area contributed by atoms with E-state index < -0.39 is 0 Å². The van der Waals surface area contributed by atoms with Crippen LogP contribution in [0.1, 0.15) is 33.6 Å². The van der Waals surface area contributed by atoms with Crippen LogP contribution < -0.4 is 10.6 Å². The Kier molecular flexibility index (Phi) is 5.52. The Morgan fingerprint density at radius 2 is 2.19 bits per heavy atom. The zero-order valence-electron chi connectivity index (χ0n) is 11.9.